The monoisotopic (exact) mass is 179 g/mol. The third-order valence-electron chi connectivity index (χ3n) is 2.09. The van der Waals surface area contributed by atoms with E-state index in [1.54, 1.807) is 17.5 Å². The molecule has 0 aliphatic rings. The summed E-state index contributed by atoms with van der Waals surface area (Å²) < 4.78 is 1.78. The smallest absolute Gasteiger partial charge is 0.354 e. The van der Waals surface area contributed by atoms with Gasteiger partial charge in [0.15, 0.2) is 0 Å². The zero-order valence-corrected chi connectivity index (χ0v) is 7.33. The number of nitrogens with one attached hydrogen (secondary N) is 1. The van der Waals surface area contributed by atoms with Crippen LogP contribution in [0, 0.1) is 13.8 Å². The Morgan fingerprint density at radius 2 is 2.31 bits per heavy atom. The lowest BCUT2D eigenvalue weighted by atomic mass is 10.3. The summed E-state index contributed by atoms with van der Waals surface area (Å²) >= 11 is 0. The van der Waals surface area contributed by atoms with Gasteiger partial charge < -0.3 is 10.1 Å². The molecule has 0 radical (unpaired) electrons. The van der Waals surface area contributed by atoms with Crippen molar-refractivity contribution in [3.8, 4) is 0 Å². The van der Waals surface area contributed by atoms with Gasteiger partial charge in [0.05, 0.1) is 11.9 Å². The lowest BCUT2D eigenvalue weighted by Gasteiger charge is -1.93. The minimum Gasteiger partial charge on any atom is -0.477 e. The maximum absolute atomic E-state index is 10.7. The number of imidazole rings is 2. The van der Waals surface area contributed by atoms with Gasteiger partial charge in [0.25, 0.3) is 0 Å². The van der Waals surface area contributed by atoms with E-state index in [9.17, 15) is 4.79 Å². The van der Waals surface area contributed by atoms with Crippen LogP contribution in [0.5, 0.6) is 0 Å². The van der Waals surface area contributed by atoms with Crippen molar-refractivity contribution < 1.29 is 9.90 Å². The van der Waals surface area contributed by atoms with Crippen LogP contribution in [0.1, 0.15) is 21.9 Å². The Balaban J connectivity index is 2.82. The Bertz CT molecular complexity index is 481. The first-order valence-electron chi connectivity index (χ1n) is 3.87. The Kier molecular flexibility index (Phi) is 1.42. The molecule has 2 N–H and O–H groups in total. The second-order valence-corrected chi connectivity index (χ2v) is 2.95. The highest BCUT2D eigenvalue weighted by atomic mass is 16.4. The fourth-order valence-electron chi connectivity index (χ4n) is 1.47. The van der Waals surface area contributed by atoms with Crippen LogP contribution in [0.3, 0.4) is 0 Å². The summed E-state index contributed by atoms with van der Waals surface area (Å²) in [5.41, 5.74) is 1.81. The van der Waals surface area contributed by atoms with Crippen molar-refractivity contribution in [2.24, 2.45) is 0 Å². The van der Waals surface area contributed by atoms with Gasteiger partial charge in [-0.25, -0.2) is 9.78 Å². The SMILES string of the molecule is Cc1cnc2[nH]c(C(=O)O)c(C)n12. The van der Waals surface area contributed by atoms with Gasteiger partial charge in [-0.2, -0.15) is 0 Å². The molecule has 2 aromatic heterocycles. The van der Waals surface area contributed by atoms with Gasteiger partial charge in [-0.3, -0.25) is 4.40 Å². The maximum Gasteiger partial charge on any atom is 0.354 e. The number of hydrogen-bond acceptors (Lipinski definition) is 2. The zero-order valence-electron chi connectivity index (χ0n) is 7.33. The van der Waals surface area contributed by atoms with E-state index in [-0.39, 0.29) is 5.69 Å². The number of rotatable bonds is 1. The predicted molar refractivity (Wildman–Crippen MR) is 46.0 cm³/mol. The highest BCUT2D eigenvalue weighted by Crippen LogP contribution is 2.12. The van der Waals surface area contributed by atoms with Crippen molar-refractivity contribution in [2.75, 3.05) is 0 Å². The molecule has 0 saturated heterocycles. The van der Waals surface area contributed by atoms with Crippen molar-refractivity contribution in [2.45, 2.75) is 13.8 Å². The lowest BCUT2D eigenvalue weighted by molar-refractivity contribution is 0.0690. The average molecular weight is 179 g/mol. The zero-order chi connectivity index (χ0) is 9.59. The number of fused-ring (bicyclic) bond motifs is 1. The third kappa shape index (κ3) is 0.932. The van der Waals surface area contributed by atoms with Crippen LogP contribution in [-0.4, -0.2) is 25.4 Å². The first-order valence-corrected chi connectivity index (χ1v) is 3.87. The summed E-state index contributed by atoms with van der Waals surface area (Å²) in [7, 11) is 0. The van der Waals surface area contributed by atoms with Crippen molar-refractivity contribution in [3.63, 3.8) is 0 Å². The number of H-pyrrole nitrogens is 1. The minimum atomic E-state index is -0.956. The summed E-state index contributed by atoms with van der Waals surface area (Å²) in [5, 5.41) is 8.80. The summed E-state index contributed by atoms with van der Waals surface area (Å²) in [6.45, 7) is 3.63. The van der Waals surface area contributed by atoms with Crippen LogP contribution < -0.4 is 0 Å². The fourth-order valence-corrected chi connectivity index (χ4v) is 1.47. The topological polar surface area (TPSA) is 70.4 Å². The average Bonchev–Trinajstić information content (AvgIpc) is 2.55. The number of aromatic carboxylic acids is 1. The molecule has 13 heavy (non-hydrogen) atoms. The number of aromatic amines is 1. The van der Waals surface area contributed by atoms with Crippen molar-refractivity contribution in [3.05, 3.63) is 23.3 Å². The molecule has 5 nitrogen and oxygen atoms in total. The molecule has 5 heteroatoms. The van der Waals surface area contributed by atoms with Gasteiger partial charge in [0.1, 0.15) is 5.69 Å². The maximum atomic E-state index is 10.7. The highest BCUT2D eigenvalue weighted by molar-refractivity contribution is 5.87. The molecule has 0 unspecified atom stereocenters. The van der Waals surface area contributed by atoms with E-state index >= 15 is 0 Å². The lowest BCUT2D eigenvalue weighted by Crippen LogP contribution is -2.00. The van der Waals surface area contributed by atoms with Gasteiger partial charge in [-0.05, 0) is 13.8 Å². The Morgan fingerprint density at radius 1 is 1.62 bits per heavy atom. The molecule has 0 aliphatic carbocycles. The molecule has 68 valence electrons. The first kappa shape index (κ1) is 7.85. The molecular formula is C8H9N3O2. The molecule has 0 spiro atoms. The minimum absolute atomic E-state index is 0.200. The number of carboxylic acid groups (broad SMARTS) is 1. The second kappa shape index (κ2) is 2.35. The molecule has 0 amide bonds. The van der Waals surface area contributed by atoms with E-state index in [0.29, 0.717) is 11.5 Å². The first-order chi connectivity index (χ1) is 6.11. The molecule has 0 atom stereocenters. The third-order valence-corrected chi connectivity index (χ3v) is 2.09. The van der Waals surface area contributed by atoms with Crippen LogP contribution >= 0.6 is 0 Å². The van der Waals surface area contributed by atoms with Crippen LogP contribution in [0.2, 0.25) is 0 Å². The summed E-state index contributed by atoms with van der Waals surface area (Å²) in [4.78, 5) is 17.5. The van der Waals surface area contributed by atoms with E-state index in [1.165, 1.54) is 0 Å². The van der Waals surface area contributed by atoms with E-state index in [1.807, 2.05) is 6.92 Å². The van der Waals surface area contributed by atoms with Gasteiger partial charge in [0.2, 0.25) is 5.78 Å². The quantitative estimate of drug-likeness (QED) is 0.685. The van der Waals surface area contributed by atoms with Crippen LogP contribution in [0.25, 0.3) is 5.78 Å². The van der Waals surface area contributed by atoms with Crippen molar-refractivity contribution >= 4 is 11.7 Å². The molecule has 0 aromatic carbocycles. The van der Waals surface area contributed by atoms with E-state index in [2.05, 4.69) is 9.97 Å². The Morgan fingerprint density at radius 3 is 2.85 bits per heavy atom. The number of carboxylic acids is 1. The molecule has 0 aliphatic heterocycles. The number of nitrogens with zero attached hydrogens (tertiary/aromatic N) is 2. The van der Waals surface area contributed by atoms with Crippen molar-refractivity contribution in [1.29, 1.82) is 0 Å². The van der Waals surface area contributed by atoms with Crippen LogP contribution in [0.4, 0.5) is 0 Å². The molecule has 2 rings (SSSR count). The molecular weight excluding hydrogens is 170 g/mol. The molecule has 0 saturated carbocycles. The summed E-state index contributed by atoms with van der Waals surface area (Å²) in [6.07, 6.45) is 1.70. The number of hydrogen-bond donors (Lipinski definition) is 2. The molecule has 2 aromatic rings. The van der Waals surface area contributed by atoms with Gasteiger partial charge >= 0.3 is 5.97 Å². The Hall–Kier alpha value is -1.78. The largest absolute Gasteiger partial charge is 0.477 e. The standard InChI is InChI=1S/C8H9N3O2/c1-4-3-9-8-10-6(7(12)13)5(2)11(4)8/h3H,1-2H3,(H,9,10)(H,12,13). The van der Waals surface area contributed by atoms with E-state index < -0.39 is 5.97 Å². The van der Waals surface area contributed by atoms with Crippen molar-refractivity contribution in [1.82, 2.24) is 14.4 Å². The summed E-state index contributed by atoms with van der Waals surface area (Å²) in [6, 6.07) is 0. The highest BCUT2D eigenvalue weighted by Gasteiger charge is 2.14. The number of aromatic nitrogens is 3. The molecule has 0 fully saturated rings. The molecule has 2 heterocycles. The van der Waals surface area contributed by atoms with Crippen LogP contribution in [0.15, 0.2) is 6.20 Å². The van der Waals surface area contributed by atoms with E-state index in [0.717, 1.165) is 5.69 Å². The second-order valence-electron chi connectivity index (χ2n) is 2.95. The number of carbonyl (C=O) groups is 1. The van der Waals surface area contributed by atoms with Gasteiger partial charge in [0, 0.05) is 5.69 Å². The Labute approximate surface area is 74.0 Å². The number of aryl methyl sites for hydroxylation is 2. The molecule has 0 bridgehead atoms. The summed E-state index contributed by atoms with van der Waals surface area (Å²) in [5.74, 6) is -0.380. The predicted octanol–water partition coefficient (Wildman–Crippen LogP) is 0.977. The fraction of sp³-hybridized carbons (Fsp3) is 0.250. The van der Waals surface area contributed by atoms with E-state index in [4.69, 9.17) is 5.11 Å². The van der Waals surface area contributed by atoms with Gasteiger partial charge in [-0.1, -0.05) is 0 Å². The normalized spacial score (nSPS) is 10.9. The van der Waals surface area contributed by atoms with Crippen LogP contribution in [-0.2, 0) is 0 Å². The van der Waals surface area contributed by atoms with Gasteiger partial charge in [-0.15, -0.1) is 0 Å².